The van der Waals surface area contributed by atoms with Gasteiger partial charge in [0.15, 0.2) is 11.0 Å². The summed E-state index contributed by atoms with van der Waals surface area (Å²) in [5.41, 5.74) is 2.50. The fourth-order valence-corrected chi connectivity index (χ4v) is 3.80. The van der Waals surface area contributed by atoms with Crippen LogP contribution in [0.25, 0.3) is 11.0 Å². The Kier molecular flexibility index (Phi) is 4.57. The molecule has 1 aromatic heterocycles. The summed E-state index contributed by atoms with van der Waals surface area (Å²) in [5, 5.41) is 0.437. The summed E-state index contributed by atoms with van der Waals surface area (Å²) < 4.78 is 23.3. The molecule has 8 heteroatoms. The first kappa shape index (κ1) is 16.5. The van der Waals surface area contributed by atoms with Crippen LogP contribution in [0.3, 0.4) is 0 Å². The lowest BCUT2D eigenvalue weighted by atomic mass is 10.3. The fourth-order valence-electron chi connectivity index (χ4n) is 2.64. The number of fused-ring (bicyclic) bond motifs is 1. The minimum absolute atomic E-state index is 0.257. The Morgan fingerprint density at radius 3 is 2.83 bits per heavy atom. The number of H-pyrrole nitrogens is 1. The summed E-state index contributed by atoms with van der Waals surface area (Å²) in [5.74, 6) is 1.79. The number of aromatic nitrogens is 2. The molecule has 0 saturated carbocycles. The zero-order valence-electron chi connectivity index (χ0n) is 14.1. The molecule has 1 unspecified atom stereocenters. The number of rotatable bonds is 5. The standard InChI is InChI=1S/C16H20N4O3S/c1-10-8-17-14(20(2)15(10)23-4)9-24(21)16-18-12-6-5-11(22-3)7-13(12)19-16/h5-8,14H,9H2,1-4H3,(H,18,19)/t14-,24?/m0/s1. The van der Waals surface area contributed by atoms with Gasteiger partial charge in [-0.05, 0) is 19.1 Å². The zero-order valence-corrected chi connectivity index (χ0v) is 14.9. The van der Waals surface area contributed by atoms with Crippen molar-refractivity contribution in [3.8, 4) is 5.75 Å². The second-order valence-corrected chi connectivity index (χ2v) is 6.91. The van der Waals surface area contributed by atoms with Crippen LogP contribution in [0.15, 0.2) is 39.8 Å². The van der Waals surface area contributed by atoms with Crippen molar-refractivity contribution in [3.63, 3.8) is 0 Å². The monoisotopic (exact) mass is 348 g/mol. The van der Waals surface area contributed by atoms with E-state index in [0.717, 1.165) is 28.2 Å². The van der Waals surface area contributed by atoms with Crippen LogP contribution >= 0.6 is 0 Å². The van der Waals surface area contributed by atoms with Gasteiger partial charge in [0.05, 0.1) is 41.8 Å². The number of aliphatic imine (C=N–C) groups is 1. The van der Waals surface area contributed by atoms with Crippen LogP contribution in [-0.4, -0.2) is 58.5 Å². The lowest BCUT2D eigenvalue weighted by Crippen LogP contribution is -2.37. The van der Waals surface area contributed by atoms with Crippen LogP contribution in [0.4, 0.5) is 0 Å². The van der Waals surface area contributed by atoms with Crippen molar-refractivity contribution in [2.24, 2.45) is 4.99 Å². The van der Waals surface area contributed by atoms with Gasteiger partial charge >= 0.3 is 0 Å². The fraction of sp³-hybridized carbons (Fsp3) is 0.375. The highest BCUT2D eigenvalue weighted by molar-refractivity contribution is 7.84. The summed E-state index contributed by atoms with van der Waals surface area (Å²) >= 11 is 0. The van der Waals surface area contributed by atoms with E-state index < -0.39 is 10.8 Å². The molecular weight excluding hydrogens is 328 g/mol. The normalized spacial score (nSPS) is 19.0. The van der Waals surface area contributed by atoms with Gasteiger partial charge in [-0.3, -0.25) is 9.20 Å². The molecule has 1 aliphatic rings. The average molecular weight is 348 g/mol. The first-order valence-electron chi connectivity index (χ1n) is 7.46. The number of nitrogens with zero attached hydrogens (tertiary/aromatic N) is 3. The Bertz CT molecular complexity index is 843. The van der Waals surface area contributed by atoms with Gasteiger partial charge < -0.3 is 19.4 Å². The van der Waals surface area contributed by atoms with Crippen LogP contribution in [0.2, 0.25) is 0 Å². The first-order chi connectivity index (χ1) is 11.5. The predicted molar refractivity (Wildman–Crippen MR) is 93.7 cm³/mol. The Balaban J connectivity index is 1.79. The predicted octanol–water partition coefficient (Wildman–Crippen LogP) is 1.90. The molecule has 0 spiro atoms. The molecule has 128 valence electrons. The number of benzene rings is 1. The maximum Gasteiger partial charge on any atom is 0.197 e. The summed E-state index contributed by atoms with van der Waals surface area (Å²) in [6.07, 6.45) is 1.50. The van der Waals surface area contributed by atoms with Crippen molar-refractivity contribution >= 4 is 28.0 Å². The molecule has 1 aromatic carbocycles. The first-order valence-corrected chi connectivity index (χ1v) is 8.78. The lowest BCUT2D eigenvalue weighted by Gasteiger charge is -2.31. The topological polar surface area (TPSA) is 79.8 Å². The number of nitrogens with one attached hydrogen (secondary N) is 1. The second-order valence-electron chi connectivity index (χ2n) is 5.50. The van der Waals surface area contributed by atoms with Crippen LogP contribution in [0, 0.1) is 0 Å². The number of allylic oxidation sites excluding steroid dienone is 1. The third-order valence-electron chi connectivity index (χ3n) is 3.92. The van der Waals surface area contributed by atoms with E-state index in [4.69, 9.17) is 9.47 Å². The number of methoxy groups -OCH3 is 2. The molecule has 3 rings (SSSR count). The summed E-state index contributed by atoms with van der Waals surface area (Å²) in [7, 11) is 3.79. The van der Waals surface area contributed by atoms with Crippen molar-refractivity contribution in [2.75, 3.05) is 27.0 Å². The summed E-state index contributed by atoms with van der Waals surface area (Å²) in [6, 6.07) is 5.50. The van der Waals surface area contributed by atoms with E-state index in [1.807, 2.05) is 37.1 Å². The van der Waals surface area contributed by atoms with E-state index in [9.17, 15) is 4.21 Å². The van der Waals surface area contributed by atoms with Gasteiger partial charge in [0, 0.05) is 24.9 Å². The molecular formula is C16H20N4O3S. The van der Waals surface area contributed by atoms with Crippen molar-refractivity contribution in [1.82, 2.24) is 14.9 Å². The van der Waals surface area contributed by atoms with E-state index in [2.05, 4.69) is 15.0 Å². The Morgan fingerprint density at radius 1 is 1.33 bits per heavy atom. The van der Waals surface area contributed by atoms with Crippen molar-refractivity contribution in [1.29, 1.82) is 0 Å². The number of hydrogen-bond donors (Lipinski definition) is 1. The molecule has 1 aliphatic heterocycles. The average Bonchev–Trinajstić information content (AvgIpc) is 3.01. The number of aromatic amines is 1. The van der Waals surface area contributed by atoms with E-state index in [0.29, 0.717) is 10.9 Å². The van der Waals surface area contributed by atoms with Crippen LogP contribution < -0.4 is 4.74 Å². The zero-order chi connectivity index (χ0) is 17.3. The molecule has 0 bridgehead atoms. The van der Waals surface area contributed by atoms with Gasteiger partial charge in [-0.2, -0.15) is 0 Å². The molecule has 0 saturated heterocycles. The SMILES string of the molecule is COC1=C(C)C=N[C@H](CS(=O)c2nc3ccc(OC)cc3[nH]2)N1C. The molecule has 0 fully saturated rings. The van der Waals surface area contributed by atoms with E-state index in [1.54, 1.807) is 20.4 Å². The molecule has 7 nitrogen and oxygen atoms in total. The van der Waals surface area contributed by atoms with E-state index in [1.165, 1.54) is 0 Å². The van der Waals surface area contributed by atoms with Gasteiger partial charge in [-0.15, -0.1) is 0 Å². The molecule has 2 heterocycles. The van der Waals surface area contributed by atoms with Gasteiger partial charge in [-0.25, -0.2) is 4.98 Å². The van der Waals surface area contributed by atoms with Gasteiger partial charge in [0.25, 0.3) is 0 Å². The maximum atomic E-state index is 12.7. The Morgan fingerprint density at radius 2 is 2.12 bits per heavy atom. The molecule has 0 amide bonds. The smallest absolute Gasteiger partial charge is 0.197 e. The molecule has 0 radical (unpaired) electrons. The van der Waals surface area contributed by atoms with Gasteiger partial charge in [-0.1, -0.05) is 0 Å². The summed E-state index contributed by atoms with van der Waals surface area (Å²) in [6.45, 7) is 1.93. The van der Waals surface area contributed by atoms with Gasteiger partial charge in [0.2, 0.25) is 0 Å². The third-order valence-corrected chi connectivity index (χ3v) is 5.15. The minimum Gasteiger partial charge on any atom is -0.497 e. The molecule has 24 heavy (non-hydrogen) atoms. The van der Waals surface area contributed by atoms with Crippen LogP contribution in [0.1, 0.15) is 6.92 Å². The Labute approximate surface area is 142 Å². The van der Waals surface area contributed by atoms with Crippen LogP contribution in [0.5, 0.6) is 5.75 Å². The number of ether oxygens (including phenoxy) is 2. The number of hydrogen-bond acceptors (Lipinski definition) is 6. The summed E-state index contributed by atoms with van der Waals surface area (Å²) in [4.78, 5) is 13.8. The highest BCUT2D eigenvalue weighted by Crippen LogP contribution is 2.22. The Hall–Kier alpha value is -2.35. The third kappa shape index (κ3) is 3.01. The highest BCUT2D eigenvalue weighted by atomic mass is 32.2. The van der Waals surface area contributed by atoms with Crippen LogP contribution in [-0.2, 0) is 15.5 Å². The van der Waals surface area contributed by atoms with Crippen molar-refractivity contribution in [2.45, 2.75) is 18.2 Å². The molecule has 1 N–H and O–H groups in total. The van der Waals surface area contributed by atoms with Crippen molar-refractivity contribution in [3.05, 3.63) is 29.7 Å². The lowest BCUT2D eigenvalue weighted by molar-refractivity contribution is 0.144. The highest BCUT2D eigenvalue weighted by Gasteiger charge is 2.25. The molecule has 2 atom stereocenters. The number of imidazole rings is 1. The van der Waals surface area contributed by atoms with Crippen molar-refractivity contribution < 1.29 is 13.7 Å². The van der Waals surface area contributed by atoms with E-state index >= 15 is 0 Å². The molecule has 2 aromatic rings. The minimum atomic E-state index is -1.31. The largest absolute Gasteiger partial charge is 0.497 e. The maximum absolute atomic E-state index is 12.7. The molecule has 0 aliphatic carbocycles. The van der Waals surface area contributed by atoms with E-state index in [-0.39, 0.29) is 6.17 Å². The second kappa shape index (κ2) is 6.64. The quantitative estimate of drug-likeness (QED) is 0.893. The van der Waals surface area contributed by atoms with Gasteiger partial charge in [0.1, 0.15) is 11.9 Å².